The lowest BCUT2D eigenvalue weighted by atomic mass is 10.1. The second-order valence-corrected chi connectivity index (χ2v) is 8.69. The summed E-state index contributed by atoms with van der Waals surface area (Å²) in [5.41, 5.74) is 2.78. The van der Waals surface area contributed by atoms with Gasteiger partial charge >= 0.3 is 0 Å². The molecule has 32 heavy (non-hydrogen) atoms. The number of hydrogen-bond donors (Lipinski definition) is 0. The van der Waals surface area contributed by atoms with Crippen LogP contribution in [0.15, 0.2) is 71.6 Å². The third-order valence-electron chi connectivity index (χ3n) is 5.69. The van der Waals surface area contributed by atoms with E-state index in [0.29, 0.717) is 34.5 Å². The van der Waals surface area contributed by atoms with E-state index in [-0.39, 0.29) is 24.3 Å². The number of rotatable bonds is 4. The van der Waals surface area contributed by atoms with E-state index in [9.17, 15) is 14.4 Å². The standard InChI is InChI=1S/C25H20N2O4S/c1-31-21-11-10-16(15-27-23(28)17-6-2-3-7-18(17)24(27)29)14-19(21)25(30)26-12-13-32-22-9-5-4-8-20(22)26/h2-11,14H,12-13,15H2,1H3. The maximum atomic E-state index is 13.5. The molecule has 7 heteroatoms. The van der Waals surface area contributed by atoms with Crippen molar-refractivity contribution in [2.24, 2.45) is 0 Å². The van der Waals surface area contributed by atoms with Crippen molar-refractivity contribution >= 4 is 35.2 Å². The number of amides is 3. The molecule has 0 saturated heterocycles. The first kappa shape index (κ1) is 20.3. The molecule has 2 aliphatic heterocycles. The molecule has 0 aliphatic carbocycles. The van der Waals surface area contributed by atoms with Crippen molar-refractivity contribution in [3.05, 3.63) is 89.0 Å². The van der Waals surface area contributed by atoms with Crippen LogP contribution in [0.3, 0.4) is 0 Å². The molecule has 2 aliphatic rings. The maximum Gasteiger partial charge on any atom is 0.262 e. The zero-order chi connectivity index (χ0) is 22.2. The van der Waals surface area contributed by atoms with E-state index < -0.39 is 0 Å². The van der Waals surface area contributed by atoms with Crippen LogP contribution in [0.4, 0.5) is 5.69 Å². The normalized spacial score (nSPS) is 14.9. The molecule has 0 spiro atoms. The molecule has 3 amide bonds. The van der Waals surface area contributed by atoms with Crippen molar-refractivity contribution in [1.82, 2.24) is 4.90 Å². The molecule has 0 fully saturated rings. The van der Waals surface area contributed by atoms with Crippen LogP contribution < -0.4 is 9.64 Å². The first-order chi connectivity index (χ1) is 15.6. The number of methoxy groups -OCH3 is 1. The molecule has 0 aromatic heterocycles. The van der Waals surface area contributed by atoms with E-state index >= 15 is 0 Å². The Kier molecular flexibility index (Phi) is 5.19. The van der Waals surface area contributed by atoms with Gasteiger partial charge in [-0.15, -0.1) is 11.8 Å². The minimum absolute atomic E-state index is 0.0864. The van der Waals surface area contributed by atoms with Gasteiger partial charge in [-0.2, -0.15) is 0 Å². The average molecular weight is 445 g/mol. The fourth-order valence-electron chi connectivity index (χ4n) is 4.11. The summed E-state index contributed by atoms with van der Waals surface area (Å²) in [5, 5.41) is 0. The molecule has 2 heterocycles. The largest absolute Gasteiger partial charge is 0.496 e. The number of imide groups is 1. The smallest absolute Gasteiger partial charge is 0.262 e. The van der Waals surface area contributed by atoms with Gasteiger partial charge in [0, 0.05) is 17.2 Å². The Morgan fingerprint density at radius 2 is 1.66 bits per heavy atom. The minimum Gasteiger partial charge on any atom is -0.496 e. The summed E-state index contributed by atoms with van der Waals surface area (Å²) in [6.07, 6.45) is 0. The Morgan fingerprint density at radius 1 is 0.969 bits per heavy atom. The molecule has 160 valence electrons. The van der Waals surface area contributed by atoms with Gasteiger partial charge in [-0.05, 0) is 42.0 Å². The van der Waals surface area contributed by atoms with Crippen LogP contribution in [-0.2, 0) is 6.54 Å². The molecule has 6 nitrogen and oxygen atoms in total. The van der Waals surface area contributed by atoms with E-state index in [0.717, 1.165) is 16.3 Å². The highest BCUT2D eigenvalue weighted by molar-refractivity contribution is 7.99. The Morgan fingerprint density at radius 3 is 2.38 bits per heavy atom. The Bertz CT molecular complexity index is 1220. The van der Waals surface area contributed by atoms with Gasteiger partial charge in [0.1, 0.15) is 5.75 Å². The minimum atomic E-state index is -0.323. The lowest BCUT2D eigenvalue weighted by Crippen LogP contribution is -2.35. The summed E-state index contributed by atoms with van der Waals surface area (Å²) in [4.78, 5) is 43.0. The van der Waals surface area contributed by atoms with Crippen molar-refractivity contribution in [3.8, 4) is 5.75 Å². The summed E-state index contributed by atoms with van der Waals surface area (Å²) in [6.45, 7) is 0.676. The molecule has 0 bridgehead atoms. The Labute approximate surface area is 189 Å². The highest BCUT2D eigenvalue weighted by Gasteiger charge is 2.35. The van der Waals surface area contributed by atoms with Crippen LogP contribution in [0.25, 0.3) is 0 Å². The van der Waals surface area contributed by atoms with Gasteiger partial charge in [0.15, 0.2) is 0 Å². The second-order valence-electron chi connectivity index (χ2n) is 7.55. The molecule has 0 atom stereocenters. The van der Waals surface area contributed by atoms with Gasteiger partial charge in [0.25, 0.3) is 17.7 Å². The molecule has 0 saturated carbocycles. The summed E-state index contributed by atoms with van der Waals surface area (Å²) in [6, 6.07) is 19.8. The number of carbonyl (C=O) groups is 3. The number of anilines is 1. The van der Waals surface area contributed by atoms with E-state index in [4.69, 9.17) is 4.74 Å². The second kappa shape index (κ2) is 8.16. The number of ether oxygens (including phenoxy) is 1. The number of thioether (sulfide) groups is 1. The van der Waals surface area contributed by atoms with Crippen LogP contribution in [0.1, 0.15) is 36.6 Å². The van der Waals surface area contributed by atoms with Crippen LogP contribution in [0.2, 0.25) is 0 Å². The fraction of sp³-hybridized carbons (Fsp3) is 0.160. The average Bonchev–Trinajstić information content (AvgIpc) is 3.08. The van der Waals surface area contributed by atoms with Gasteiger partial charge in [-0.3, -0.25) is 19.3 Å². The predicted octanol–water partition coefficient (Wildman–Crippen LogP) is 4.24. The van der Waals surface area contributed by atoms with E-state index in [1.807, 2.05) is 24.3 Å². The molecule has 0 radical (unpaired) electrons. The van der Waals surface area contributed by atoms with E-state index in [2.05, 4.69) is 0 Å². The summed E-state index contributed by atoms with van der Waals surface area (Å²) in [7, 11) is 1.52. The van der Waals surface area contributed by atoms with Crippen LogP contribution in [0.5, 0.6) is 5.75 Å². The number of benzene rings is 3. The summed E-state index contributed by atoms with van der Waals surface area (Å²) < 4.78 is 5.46. The van der Waals surface area contributed by atoms with E-state index in [1.54, 1.807) is 59.1 Å². The first-order valence-electron chi connectivity index (χ1n) is 10.2. The first-order valence-corrected chi connectivity index (χ1v) is 11.2. The number of hydrogen-bond acceptors (Lipinski definition) is 5. The molecule has 0 N–H and O–H groups in total. The lowest BCUT2D eigenvalue weighted by molar-refractivity contribution is 0.0642. The molecule has 0 unspecified atom stereocenters. The van der Waals surface area contributed by atoms with Crippen molar-refractivity contribution in [1.29, 1.82) is 0 Å². The van der Waals surface area contributed by atoms with Crippen LogP contribution in [-0.4, -0.2) is 42.0 Å². The van der Waals surface area contributed by atoms with Gasteiger partial charge in [0.2, 0.25) is 0 Å². The Balaban J connectivity index is 1.46. The highest BCUT2D eigenvalue weighted by atomic mass is 32.2. The molecular weight excluding hydrogens is 424 g/mol. The van der Waals surface area contributed by atoms with Crippen LogP contribution >= 0.6 is 11.8 Å². The highest BCUT2D eigenvalue weighted by Crippen LogP contribution is 2.36. The van der Waals surface area contributed by atoms with Crippen LogP contribution in [0, 0.1) is 0 Å². The third-order valence-corrected chi connectivity index (χ3v) is 6.73. The zero-order valence-corrected chi connectivity index (χ0v) is 18.2. The number of para-hydroxylation sites is 1. The third kappa shape index (κ3) is 3.35. The SMILES string of the molecule is COc1ccc(CN2C(=O)c3ccccc3C2=O)cc1C(=O)N1CCSc2ccccc21. The van der Waals surface area contributed by atoms with Crippen molar-refractivity contribution in [2.45, 2.75) is 11.4 Å². The fourth-order valence-corrected chi connectivity index (χ4v) is 5.11. The lowest BCUT2D eigenvalue weighted by Gasteiger charge is -2.29. The quantitative estimate of drug-likeness (QED) is 0.563. The van der Waals surface area contributed by atoms with Gasteiger partial charge in [-0.25, -0.2) is 0 Å². The summed E-state index contributed by atoms with van der Waals surface area (Å²) in [5.74, 6) is 0.447. The molecule has 5 rings (SSSR count). The van der Waals surface area contributed by atoms with Crippen molar-refractivity contribution < 1.29 is 19.1 Å². The number of nitrogens with zero attached hydrogens (tertiary/aromatic N) is 2. The maximum absolute atomic E-state index is 13.5. The molecule has 3 aromatic carbocycles. The van der Waals surface area contributed by atoms with Crippen molar-refractivity contribution in [2.75, 3.05) is 24.3 Å². The molecular formula is C25H20N2O4S. The Hall–Kier alpha value is -3.58. The van der Waals surface area contributed by atoms with Gasteiger partial charge in [0.05, 0.1) is 36.0 Å². The topological polar surface area (TPSA) is 66.9 Å². The van der Waals surface area contributed by atoms with Crippen molar-refractivity contribution in [3.63, 3.8) is 0 Å². The van der Waals surface area contributed by atoms with Gasteiger partial charge in [-0.1, -0.05) is 30.3 Å². The summed E-state index contributed by atoms with van der Waals surface area (Å²) >= 11 is 1.73. The van der Waals surface area contributed by atoms with Gasteiger partial charge < -0.3 is 9.64 Å². The zero-order valence-electron chi connectivity index (χ0n) is 17.4. The van der Waals surface area contributed by atoms with E-state index in [1.165, 1.54) is 12.0 Å². The monoisotopic (exact) mass is 444 g/mol. The predicted molar refractivity (Wildman–Crippen MR) is 122 cm³/mol. The number of fused-ring (bicyclic) bond motifs is 2. The number of carbonyl (C=O) groups excluding carboxylic acids is 3. The molecule has 3 aromatic rings.